The minimum absolute atomic E-state index is 0.0420. The number of fused-ring (bicyclic) bond motifs is 3. The number of carbonyl (C=O) groups is 2. The van der Waals surface area contributed by atoms with Crippen molar-refractivity contribution in [3.8, 4) is 0 Å². The van der Waals surface area contributed by atoms with Crippen LogP contribution in [0.3, 0.4) is 0 Å². The van der Waals surface area contributed by atoms with E-state index in [0.717, 1.165) is 30.5 Å². The molecular formula is C20H24FNO2. The van der Waals surface area contributed by atoms with Crippen LogP contribution in [-0.2, 0) is 16.0 Å². The fourth-order valence-electron chi connectivity index (χ4n) is 5.22. The summed E-state index contributed by atoms with van der Waals surface area (Å²) in [4.78, 5) is 28.4. The SMILES string of the molecule is C[C@@H]1CCc2cc(F)ccc2N1C(=O)[C@]12CC[C@@H](C1)C(C)(C)C2=O. The van der Waals surface area contributed by atoms with E-state index in [9.17, 15) is 14.0 Å². The number of ketones is 1. The van der Waals surface area contributed by atoms with Crippen LogP contribution in [0.1, 0.15) is 52.0 Å². The molecule has 0 aromatic heterocycles. The van der Waals surface area contributed by atoms with Crippen molar-refractivity contribution in [2.24, 2.45) is 16.7 Å². The van der Waals surface area contributed by atoms with Crippen LogP contribution in [0.15, 0.2) is 18.2 Å². The highest BCUT2D eigenvalue weighted by Gasteiger charge is 2.66. The minimum Gasteiger partial charge on any atom is -0.308 e. The zero-order chi connectivity index (χ0) is 17.3. The third-order valence-electron chi connectivity index (χ3n) is 6.76. The van der Waals surface area contributed by atoms with Gasteiger partial charge >= 0.3 is 0 Å². The first-order valence-electron chi connectivity index (χ1n) is 8.94. The zero-order valence-corrected chi connectivity index (χ0v) is 14.6. The molecule has 1 aliphatic heterocycles. The van der Waals surface area contributed by atoms with Crippen LogP contribution in [0.2, 0.25) is 0 Å². The summed E-state index contributed by atoms with van der Waals surface area (Å²) >= 11 is 0. The second kappa shape index (κ2) is 4.90. The summed E-state index contributed by atoms with van der Waals surface area (Å²) in [6.45, 7) is 5.99. The molecule has 0 radical (unpaired) electrons. The molecule has 4 heteroatoms. The molecule has 4 rings (SSSR count). The number of anilines is 1. The van der Waals surface area contributed by atoms with Crippen molar-refractivity contribution in [2.75, 3.05) is 4.90 Å². The molecular weight excluding hydrogens is 305 g/mol. The van der Waals surface area contributed by atoms with Crippen molar-refractivity contribution in [3.05, 3.63) is 29.6 Å². The van der Waals surface area contributed by atoms with Crippen LogP contribution < -0.4 is 4.90 Å². The fraction of sp³-hybridized carbons (Fsp3) is 0.600. The summed E-state index contributed by atoms with van der Waals surface area (Å²) in [5, 5.41) is 0. The van der Waals surface area contributed by atoms with Gasteiger partial charge in [0.05, 0.1) is 0 Å². The normalized spacial score (nSPS) is 33.7. The highest BCUT2D eigenvalue weighted by atomic mass is 19.1. The lowest BCUT2D eigenvalue weighted by molar-refractivity contribution is -0.144. The summed E-state index contributed by atoms with van der Waals surface area (Å²) in [6, 6.07) is 4.68. The molecule has 3 nitrogen and oxygen atoms in total. The molecule has 2 bridgehead atoms. The fourth-order valence-corrected chi connectivity index (χ4v) is 5.22. The van der Waals surface area contributed by atoms with Crippen molar-refractivity contribution < 1.29 is 14.0 Å². The lowest BCUT2D eigenvalue weighted by Gasteiger charge is -2.41. The van der Waals surface area contributed by atoms with Crippen molar-refractivity contribution >= 4 is 17.4 Å². The molecule has 1 aromatic rings. The van der Waals surface area contributed by atoms with Crippen LogP contribution in [-0.4, -0.2) is 17.7 Å². The number of aryl methyl sites for hydroxylation is 1. The highest BCUT2D eigenvalue weighted by Crippen LogP contribution is 2.61. The Hall–Kier alpha value is -1.71. The number of nitrogens with zero attached hydrogens (tertiary/aromatic N) is 1. The van der Waals surface area contributed by atoms with Gasteiger partial charge in [0.25, 0.3) is 0 Å². The highest BCUT2D eigenvalue weighted by molar-refractivity contribution is 6.16. The lowest BCUT2D eigenvalue weighted by Crippen LogP contribution is -2.53. The van der Waals surface area contributed by atoms with E-state index in [0.29, 0.717) is 18.8 Å². The molecule has 128 valence electrons. The van der Waals surface area contributed by atoms with E-state index >= 15 is 0 Å². The Morgan fingerprint density at radius 2 is 2.04 bits per heavy atom. The van der Waals surface area contributed by atoms with Crippen molar-refractivity contribution in [1.29, 1.82) is 0 Å². The average Bonchev–Trinajstić information content (AvgIpc) is 3.07. The van der Waals surface area contributed by atoms with E-state index in [1.165, 1.54) is 12.1 Å². The largest absolute Gasteiger partial charge is 0.308 e. The van der Waals surface area contributed by atoms with Crippen LogP contribution in [0.5, 0.6) is 0 Å². The van der Waals surface area contributed by atoms with Crippen molar-refractivity contribution in [2.45, 2.75) is 58.9 Å². The summed E-state index contributed by atoms with van der Waals surface area (Å²) in [5.41, 5.74) is 0.400. The smallest absolute Gasteiger partial charge is 0.240 e. The van der Waals surface area contributed by atoms with Gasteiger partial charge in [0.2, 0.25) is 5.91 Å². The predicted molar refractivity (Wildman–Crippen MR) is 90.2 cm³/mol. The van der Waals surface area contributed by atoms with Gasteiger partial charge in [0, 0.05) is 17.1 Å². The van der Waals surface area contributed by atoms with E-state index in [4.69, 9.17) is 0 Å². The standard InChI is InChI=1S/C20H24FNO2/c1-12-4-5-13-10-15(21)6-7-16(13)22(12)18(24)20-9-8-14(11-20)19(2,3)17(20)23/h6-7,10,12,14H,4-5,8-9,11H2,1-3H3/t12-,14+,20-/m1/s1. The van der Waals surface area contributed by atoms with Gasteiger partial charge in [-0.25, -0.2) is 4.39 Å². The second-order valence-corrected chi connectivity index (χ2v) is 8.41. The van der Waals surface area contributed by atoms with Gasteiger partial charge in [-0.1, -0.05) is 13.8 Å². The van der Waals surface area contributed by atoms with Gasteiger partial charge in [-0.05, 0) is 68.7 Å². The van der Waals surface area contributed by atoms with Crippen LogP contribution in [0, 0.1) is 22.6 Å². The maximum atomic E-state index is 13.6. The first kappa shape index (κ1) is 15.8. The summed E-state index contributed by atoms with van der Waals surface area (Å²) in [6.07, 6.45) is 3.87. The Morgan fingerprint density at radius 3 is 2.71 bits per heavy atom. The zero-order valence-electron chi connectivity index (χ0n) is 14.6. The second-order valence-electron chi connectivity index (χ2n) is 8.41. The predicted octanol–water partition coefficient (Wildman–Crippen LogP) is 3.89. The average molecular weight is 329 g/mol. The maximum absolute atomic E-state index is 13.6. The molecule has 0 N–H and O–H groups in total. The number of halogens is 1. The molecule has 2 saturated carbocycles. The van der Waals surface area contributed by atoms with Crippen LogP contribution in [0.4, 0.5) is 10.1 Å². The third-order valence-corrected chi connectivity index (χ3v) is 6.76. The van der Waals surface area contributed by atoms with E-state index in [-0.39, 0.29) is 23.5 Å². The molecule has 2 aliphatic carbocycles. The minimum atomic E-state index is -0.856. The van der Waals surface area contributed by atoms with Crippen LogP contribution in [0.25, 0.3) is 0 Å². The Kier molecular flexibility index (Phi) is 3.23. The van der Waals surface area contributed by atoms with Gasteiger partial charge in [0.15, 0.2) is 5.78 Å². The van der Waals surface area contributed by atoms with Crippen molar-refractivity contribution in [1.82, 2.24) is 0 Å². The van der Waals surface area contributed by atoms with Gasteiger partial charge in [-0.3, -0.25) is 9.59 Å². The van der Waals surface area contributed by atoms with Gasteiger partial charge < -0.3 is 4.90 Å². The lowest BCUT2D eigenvalue weighted by atomic mass is 9.70. The molecule has 1 aromatic carbocycles. The van der Waals surface area contributed by atoms with E-state index in [1.54, 1.807) is 11.0 Å². The van der Waals surface area contributed by atoms with E-state index < -0.39 is 10.8 Å². The third kappa shape index (κ3) is 1.88. The topological polar surface area (TPSA) is 37.4 Å². The number of hydrogen-bond donors (Lipinski definition) is 0. The summed E-state index contributed by atoms with van der Waals surface area (Å²) in [5.74, 6) is 0.0907. The molecule has 0 saturated heterocycles. The number of hydrogen-bond acceptors (Lipinski definition) is 2. The first-order chi connectivity index (χ1) is 11.3. The molecule has 3 aliphatic rings. The number of carbonyl (C=O) groups excluding carboxylic acids is 2. The number of amides is 1. The first-order valence-corrected chi connectivity index (χ1v) is 8.94. The Morgan fingerprint density at radius 1 is 1.29 bits per heavy atom. The van der Waals surface area contributed by atoms with Crippen molar-refractivity contribution in [3.63, 3.8) is 0 Å². The summed E-state index contributed by atoms with van der Waals surface area (Å²) < 4.78 is 13.6. The monoisotopic (exact) mass is 329 g/mol. The Balaban J connectivity index is 1.77. The maximum Gasteiger partial charge on any atom is 0.240 e. The quantitative estimate of drug-likeness (QED) is 0.733. The molecule has 0 unspecified atom stereocenters. The number of Topliss-reactive ketones (excluding diaryl/α,β-unsaturated/α-hetero) is 1. The van der Waals surface area contributed by atoms with Gasteiger partial charge in [-0.15, -0.1) is 0 Å². The molecule has 3 atom stereocenters. The molecule has 24 heavy (non-hydrogen) atoms. The molecule has 2 fully saturated rings. The molecule has 0 spiro atoms. The summed E-state index contributed by atoms with van der Waals surface area (Å²) in [7, 11) is 0. The number of benzene rings is 1. The Bertz CT molecular complexity index is 741. The van der Waals surface area contributed by atoms with E-state index in [2.05, 4.69) is 0 Å². The molecule has 1 heterocycles. The van der Waals surface area contributed by atoms with Gasteiger partial charge in [0.1, 0.15) is 11.2 Å². The van der Waals surface area contributed by atoms with E-state index in [1.807, 2.05) is 20.8 Å². The molecule has 1 amide bonds. The Labute approximate surface area is 142 Å². The van der Waals surface area contributed by atoms with Gasteiger partial charge in [-0.2, -0.15) is 0 Å². The number of rotatable bonds is 1. The van der Waals surface area contributed by atoms with Crippen LogP contribution >= 0.6 is 0 Å².